The van der Waals surface area contributed by atoms with Gasteiger partial charge in [0, 0.05) is 0 Å². The molecular weight excluding hydrogens is 432 g/mol. The second-order valence-electron chi connectivity index (χ2n) is 6.34. The molecule has 6 fully saturated rings. The number of hydrogen-bond acceptors (Lipinski definition) is 3. The molecule has 0 aromatic heterocycles. The van der Waals surface area contributed by atoms with Crippen LogP contribution in [0, 0.1) is 5.41 Å². The van der Waals surface area contributed by atoms with Crippen molar-refractivity contribution in [3.05, 3.63) is 0 Å². The monoisotopic (exact) mass is 432 g/mol. The molecule has 0 amide bonds. The van der Waals surface area contributed by atoms with Crippen LogP contribution >= 0.6 is 81.2 Å². The van der Waals surface area contributed by atoms with Crippen molar-refractivity contribution in [1.29, 1.82) is 0 Å². The third-order valence-electron chi connectivity index (χ3n) is 6.63. The molecule has 0 spiro atoms. The summed E-state index contributed by atoms with van der Waals surface area (Å²) >= 11 is 44.8. The van der Waals surface area contributed by atoms with Crippen LogP contribution in [-0.2, 0) is 4.79 Å². The van der Waals surface area contributed by atoms with Crippen LogP contribution in [0.3, 0.4) is 0 Å². The van der Waals surface area contributed by atoms with Crippen molar-refractivity contribution in [2.45, 2.75) is 39.9 Å². The molecule has 6 saturated carbocycles. The van der Waals surface area contributed by atoms with E-state index >= 15 is 0 Å². The maximum Gasteiger partial charge on any atom is 0.315 e. The number of aliphatic hydroxyl groups is 2. The molecule has 2 bridgehead atoms. The highest BCUT2D eigenvalue weighted by Crippen LogP contribution is 3.17. The Labute approximate surface area is 152 Å². The number of aliphatic carboxylic acids is 1. The summed E-state index contributed by atoms with van der Waals surface area (Å²) in [6, 6.07) is 0. The summed E-state index contributed by atoms with van der Waals surface area (Å²) in [7, 11) is 0. The summed E-state index contributed by atoms with van der Waals surface area (Å²) in [6.45, 7) is 0. The first kappa shape index (κ1) is 14.7. The molecule has 6 rings (SSSR count). The quantitative estimate of drug-likeness (QED) is 0.433. The summed E-state index contributed by atoms with van der Waals surface area (Å²) in [6.07, 6.45) is 0. The van der Waals surface area contributed by atoms with Crippen LogP contribution < -0.4 is 0 Å². The van der Waals surface area contributed by atoms with Crippen LogP contribution in [0.5, 0.6) is 0 Å². The second kappa shape index (κ2) is 2.62. The first-order chi connectivity index (χ1) is 9.19. The predicted molar refractivity (Wildman–Crippen MR) is 77.3 cm³/mol. The van der Waals surface area contributed by atoms with Gasteiger partial charge in [-0.15, -0.1) is 81.2 Å². The van der Waals surface area contributed by atoms with E-state index < -0.39 is 51.3 Å². The van der Waals surface area contributed by atoms with Crippen molar-refractivity contribution in [1.82, 2.24) is 0 Å². The van der Waals surface area contributed by atoms with Crippen molar-refractivity contribution in [3.63, 3.8) is 0 Å². The third kappa shape index (κ3) is 0.522. The normalized spacial score (nSPS) is 80.0. The van der Waals surface area contributed by atoms with Gasteiger partial charge in [0.05, 0.1) is 0 Å². The number of carboxylic acids is 1. The predicted octanol–water partition coefficient (Wildman–Crippen LogP) is 1.65. The zero-order chi connectivity index (χ0) is 16.1. The van der Waals surface area contributed by atoms with E-state index in [2.05, 4.69) is 0 Å². The maximum atomic E-state index is 11.9. The molecule has 116 valence electrons. The Bertz CT molecular complexity index is 692. The molecule has 21 heavy (non-hydrogen) atoms. The first-order valence-electron chi connectivity index (χ1n) is 5.70. The van der Waals surface area contributed by atoms with E-state index in [1.54, 1.807) is 0 Å². The summed E-state index contributed by atoms with van der Waals surface area (Å²) in [5.74, 6) is -4.35. The highest BCUT2D eigenvalue weighted by atomic mass is 35.5. The lowest BCUT2D eigenvalue weighted by molar-refractivity contribution is -0.332. The van der Waals surface area contributed by atoms with Crippen LogP contribution in [0.1, 0.15) is 0 Å². The molecule has 0 aliphatic heterocycles. The van der Waals surface area contributed by atoms with Crippen LogP contribution in [0.4, 0.5) is 0 Å². The molecule has 0 aromatic rings. The molecule has 11 heteroatoms. The molecule has 3 N–H and O–H groups in total. The van der Waals surface area contributed by atoms with E-state index in [-0.39, 0.29) is 0 Å². The van der Waals surface area contributed by atoms with Crippen LogP contribution in [0.15, 0.2) is 0 Å². The average Bonchev–Trinajstić information content (AvgIpc) is 2.44. The van der Waals surface area contributed by atoms with Gasteiger partial charge in [0.25, 0.3) is 0 Å². The molecular formula is C10H3Cl7O4. The highest BCUT2D eigenvalue weighted by Gasteiger charge is 3.38. The number of rotatable bonds is 1. The molecule has 4 nitrogen and oxygen atoms in total. The second-order valence-corrected chi connectivity index (χ2v) is 10.3. The average molecular weight is 435 g/mol. The topological polar surface area (TPSA) is 77.8 Å². The van der Waals surface area contributed by atoms with E-state index in [1.807, 2.05) is 0 Å². The molecule has 0 heterocycles. The van der Waals surface area contributed by atoms with Gasteiger partial charge in [0.2, 0.25) is 5.79 Å². The van der Waals surface area contributed by atoms with E-state index in [1.165, 1.54) is 0 Å². The lowest BCUT2D eigenvalue weighted by atomic mass is 9.10. The van der Waals surface area contributed by atoms with Gasteiger partial charge in [-0.05, 0) is 0 Å². The van der Waals surface area contributed by atoms with Crippen molar-refractivity contribution in [2.75, 3.05) is 0 Å². The van der Waals surface area contributed by atoms with E-state index in [9.17, 15) is 20.1 Å². The van der Waals surface area contributed by atoms with Gasteiger partial charge in [0.1, 0.15) is 39.5 Å². The van der Waals surface area contributed by atoms with E-state index in [0.29, 0.717) is 0 Å². The number of hydrogen-bond donors (Lipinski definition) is 3. The van der Waals surface area contributed by atoms with Crippen LogP contribution in [0.2, 0.25) is 0 Å². The van der Waals surface area contributed by atoms with E-state index in [4.69, 9.17) is 81.2 Å². The fraction of sp³-hybridized carbons (Fsp3) is 0.900. The molecule has 6 aliphatic carbocycles. The number of carboxylic acid groups (broad SMARTS) is 1. The fourth-order valence-corrected chi connectivity index (χ4v) is 12.9. The smallest absolute Gasteiger partial charge is 0.315 e. The lowest BCUT2D eigenvalue weighted by Gasteiger charge is -3.03. The minimum absolute atomic E-state index is 1.46. The minimum atomic E-state index is -2.90. The highest BCUT2D eigenvalue weighted by molar-refractivity contribution is 6.72. The Balaban J connectivity index is 2.01. The van der Waals surface area contributed by atoms with Crippen molar-refractivity contribution >= 4 is 87.2 Å². The molecule has 0 aromatic carbocycles. The van der Waals surface area contributed by atoms with Gasteiger partial charge < -0.3 is 15.3 Å². The molecule has 6 aliphatic rings. The SMILES string of the molecule is O=C(O)C12C3(Cl)[C@@]4(Cl)C5(Cl)C(O)(O)C(Cl)([C@@]14Cl)[C@@]2(Cl)[C@]53Cl. The van der Waals surface area contributed by atoms with Crippen molar-refractivity contribution in [3.8, 4) is 0 Å². The fourth-order valence-electron chi connectivity index (χ4n) is 6.26. The molecule has 4 unspecified atom stereocenters. The van der Waals surface area contributed by atoms with Gasteiger partial charge in [-0.25, -0.2) is 0 Å². The Hall–Kier alpha value is 1.42. The Kier molecular flexibility index (Phi) is 1.84. The van der Waals surface area contributed by atoms with Gasteiger partial charge in [-0.2, -0.15) is 0 Å². The summed E-state index contributed by atoms with van der Waals surface area (Å²) in [4.78, 5) is -2.37. The number of carbonyl (C=O) groups is 1. The Morgan fingerprint density at radius 2 is 0.905 bits per heavy atom. The van der Waals surface area contributed by atoms with Gasteiger partial charge >= 0.3 is 5.97 Å². The standard InChI is InChI=1S/C10H3Cl7O4/c11-3-2(1(18)19)4(12)6(3,14)9(17)7(3,15)5(2,13)8(4,16)10(9,20)21/h20-21H,(H,18,19)/t2?,3?,4-,5+,6-,7-,8?,9?/m0/s1. The van der Waals surface area contributed by atoms with E-state index in [0.717, 1.165) is 0 Å². The van der Waals surface area contributed by atoms with Crippen LogP contribution in [-0.4, -0.2) is 61.2 Å². The largest absolute Gasteiger partial charge is 0.481 e. The Morgan fingerprint density at radius 1 is 0.619 bits per heavy atom. The van der Waals surface area contributed by atoms with Crippen LogP contribution in [0.25, 0.3) is 0 Å². The third-order valence-corrected chi connectivity index (χ3v) is 13.3. The Morgan fingerprint density at radius 3 is 1.24 bits per heavy atom. The first-order valence-corrected chi connectivity index (χ1v) is 8.34. The zero-order valence-electron chi connectivity index (χ0n) is 9.40. The number of halogens is 7. The zero-order valence-corrected chi connectivity index (χ0v) is 14.7. The maximum absolute atomic E-state index is 11.9. The lowest BCUT2D eigenvalue weighted by Crippen LogP contribution is -3.26. The summed E-state index contributed by atoms with van der Waals surface area (Å²) in [5.41, 5.74) is -2.01. The van der Waals surface area contributed by atoms with Gasteiger partial charge in [0.15, 0.2) is 0 Å². The van der Waals surface area contributed by atoms with Gasteiger partial charge in [-0.3, -0.25) is 4.79 Å². The summed E-state index contributed by atoms with van der Waals surface area (Å²) in [5, 5.41) is 30.6. The number of alkyl halides is 7. The minimum Gasteiger partial charge on any atom is -0.481 e. The molecule has 0 saturated heterocycles. The van der Waals surface area contributed by atoms with Gasteiger partial charge in [-0.1, -0.05) is 0 Å². The summed E-state index contributed by atoms with van der Waals surface area (Å²) < 4.78 is 0. The van der Waals surface area contributed by atoms with Crippen molar-refractivity contribution in [2.24, 2.45) is 5.41 Å². The van der Waals surface area contributed by atoms with Crippen molar-refractivity contribution < 1.29 is 20.1 Å². The molecule has 0 radical (unpaired) electrons. The molecule has 8 atom stereocenters.